The molecule has 1 unspecified atom stereocenters. The summed E-state index contributed by atoms with van der Waals surface area (Å²) < 4.78 is 29.1. The molecule has 1 aliphatic heterocycles. The first kappa shape index (κ1) is 19.8. The van der Waals surface area contributed by atoms with Crippen LogP contribution in [0.5, 0.6) is 0 Å². The topological polar surface area (TPSA) is 85.9 Å². The van der Waals surface area contributed by atoms with E-state index in [1.165, 1.54) is 0 Å². The maximum atomic E-state index is 14.5. The Morgan fingerprint density at radius 3 is 2.40 bits per heavy atom. The summed E-state index contributed by atoms with van der Waals surface area (Å²) >= 11 is 0. The predicted octanol–water partition coefficient (Wildman–Crippen LogP) is 3.90. The highest BCUT2D eigenvalue weighted by atomic mass is 19.1. The number of nitrogens with zero attached hydrogens (tertiary/aromatic N) is 3. The molecule has 0 bridgehead atoms. The van der Waals surface area contributed by atoms with E-state index in [-0.39, 0.29) is 11.4 Å². The minimum atomic E-state index is -0.698. The van der Waals surface area contributed by atoms with Crippen molar-refractivity contribution in [3.8, 4) is 0 Å². The number of anilines is 2. The average molecular weight is 412 g/mol. The molecule has 1 saturated heterocycles. The Morgan fingerprint density at radius 2 is 1.80 bits per heavy atom. The molecular formula is C21H22F2N6O. The summed E-state index contributed by atoms with van der Waals surface area (Å²) in [5.74, 6) is -0.404. The maximum absolute atomic E-state index is 14.5. The molecule has 1 aliphatic rings. The lowest BCUT2D eigenvalue weighted by molar-refractivity contribution is 0.249. The van der Waals surface area contributed by atoms with Gasteiger partial charge in [-0.2, -0.15) is 5.10 Å². The Labute approximate surface area is 172 Å². The van der Waals surface area contributed by atoms with Gasteiger partial charge < -0.3 is 15.5 Å². The molecule has 1 atom stereocenters. The number of aryl methyl sites for hydroxylation is 1. The third-order valence-corrected chi connectivity index (χ3v) is 4.98. The number of carbonyl (C=O) groups excluding carboxylic acids is 1. The number of halogens is 2. The van der Waals surface area contributed by atoms with E-state index in [0.717, 1.165) is 30.5 Å². The molecule has 3 aromatic rings. The van der Waals surface area contributed by atoms with Crippen LogP contribution in [0, 0.1) is 18.6 Å². The van der Waals surface area contributed by atoms with Crippen molar-refractivity contribution < 1.29 is 13.6 Å². The van der Waals surface area contributed by atoms with Gasteiger partial charge in [0, 0.05) is 18.8 Å². The molecule has 1 aromatic heterocycles. The number of nitrogens with one attached hydrogen (secondary N) is 3. The van der Waals surface area contributed by atoms with Crippen LogP contribution in [0.1, 0.15) is 36.1 Å². The van der Waals surface area contributed by atoms with E-state index in [1.54, 1.807) is 11.8 Å². The molecule has 1 fully saturated rings. The summed E-state index contributed by atoms with van der Waals surface area (Å²) in [6, 6.07) is 10.2. The van der Waals surface area contributed by atoms with E-state index < -0.39 is 23.7 Å². The molecule has 0 spiro atoms. The number of hydrogen-bond acceptors (Lipinski definition) is 4. The van der Waals surface area contributed by atoms with Crippen molar-refractivity contribution in [2.24, 2.45) is 0 Å². The van der Waals surface area contributed by atoms with Gasteiger partial charge in [0.05, 0.1) is 0 Å². The van der Waals surface area contributed by atoms with E-state index in [1.807, 2.05) is 30.3 Å². The van der Waals surface area contributed by atoms with Crippen molar-refractivity contribution in [2.75, 3.05) is 23.3 Å². The fraction of sp³-hybridized carbons (Fsp3) is 0.286. The molecule has 7 nitrogen and oxygen atoms in total. The fourth-order valence-corrected chi connectivity index (χ4v) is 3.61. The van der Waals surface area contributed by atoms with Gasteiger partial charge in [0.1, 0.15) is 17.6 Å². The Balaban J connectivity index is 1.52. The number of hydrogen-bond donors (Lipinski definition) is 3. The maximum Gasteiger partial charge on any atom is 0.320 e. The number of aromatic nitrogens is 3. The number of aromatic amines is 1. The summed E-state index contributed by atoms with van der Waals surface area (Å²) in [6.07, 6.45) is 1.81. The van der Waals surface area contributed by atoms with Gasteiger partial charge in [-0.1, -0.05) is 30.3 Å². The lowest BCUT2D eigenvalue weighted by atomic mass is 10.1. The summed E-state index contributed by atoms with van der Waals surface area (Å²) in [4.78, 5) is 18.6. The number of benzene rings is 2. The van der Waals surface area contributed by atoms with Crippen LogP contribution >= 0.6 is 0 Å². The molecule has 0 aliphatic carbocycles. The molecule has 3 N–H and O–H groups in total. The predicted molar refractivity (Wildman–Crippen MR) is 109 cm³/mol. The zero-order valence-electron chi connectivity index (χ0n) is 16.5. The number of H-pyrrole nitrogens is 1. The molecule has 9 heteroatoms. The first-order chi connectivity index (χ1) is 14.5. The van der Waals surface area contributed by atoms with Crippen LogP contribution < -0.4 is 15.5 Å². The molecule has 156 valence electrons. The van der Waals surface area contributed by atoms with Gasteiger partial charge in [-0.15, -0.1) is 0 Å². The number of urea groups is 1. The van der Waals surface area contributed by atoms with Crippen molar-refractivity contribution >= 4 is 17.4 Å². The number of rotatable bonds is 5. The normalized spacial score (nSPS) is 14.6. The largest absolute Gasteiger partial charge is 0.367 e. The fourth-order valence-electron chi connectivity index (χ4n) is 3.61. The lowest BCUT2D eigenvalue weighted by Gasteiger charge is -2.20. The lowest BCUT2D eigenvalue weighted by Crippen LogP contribution is -2.34. The van der Waals surface area contributed by atoms with Crippen LogP contribution in [-0.2, 0) is 0 Å². The van der Waals surface area contributed by atoms with E-state index in [0.29, 0.717) is 24.7 Å². The molecule has 2 amide bonds. The minimum absolute atomic E-state index is 0.0310. The molecule has 2 aromatic carbocycles. The van der Waals surface area contributed by atoms with Crippen molar-refractivity contribution in [3.05, 3.63) is 71.3 Å². The Morgan fingerprint density at radius 1 is 1.13 bits per heavy atom. The van der Waals surface area contributed by atoms with E-state index in [4.69, 9.17) is 0 Å². The van der Waals surface area contributed by atoms with Gasteiger partial charge in [0.15, 0.2) is 17.5 Å². The van der Waals surface area contributed by atoms with Gasteiger partial charge in [-0.05, 0) is 37.5 Å². The van der Waals surface area contributed by atoms with Crippen LogP contribution in [0.3, 0.4) is 0 Å². The second-order valence-electron chi connectivity index (χ2n) is 7.20. The van der Waals surface area contributed by atoms with Gasteiger partial charge >= 0.3 is 6.03 Å². The zero-order valence-corrected chi connectivity index (χ0v) is 16.5. The van der Waals surface area contributed by atoms with Crippen LogP contribution in [0.4, 0.5) is 25.0 Å². The highest BCUT2D eigenvalue weighted by molar-refractivity contribution is 5.90. The zero-order chi connectivity index (χ0) is 21.1. The van der Waals surface area contributed by atoms with Crippen LogP contribution in [0.2, 0.25) is 0 Å². The molecule has 0 saturated carbocycles. The molecule has 30 heavy (non-hydrogen) atoms. The Kier molecular flexibility index (Phi) is 5.60. The van der Waals surface area contributed by atoms with Crippen molar-refractivity contribution in [3.63, 3.8) is 0 Å². The summed E-state index contributed by atoms with van der Waals surface area (Å²) in [5.41, 5.74) is 0.758. The summed E-state index contributed by atoms with van der Waals surface area (Å²) in [7, 11) is 0. The number of carbonyl (C=O) groups is 1. The Hall–Kier alpha value is -3.49. The second-order valence-corrected chi connectivity index (χ2v) is 7.20. The van der Waals surface area contributed by atoms with Gasteiger partial charge in [-0.3, -0.25) is 5.10 Å². The van der Waals surface area contributed by atoms with Crippen LogP contribution in [0.15, 0.2) is 42.5 Å². The standard InChI is InChI=1S/C21H22F2N6O/c1-13-24-20(28-27-13)18(14-7-3-2-4-8-14)26-21(30)25-15-11-16(22)19(17(23)12-15)29-9-5-6-10-29/h2-4,7-8,11-12,18H,5-6,9-10H2,1H3,(H,24,27,28)(H2,25,26,30). The molecule has 2 heterocycles. The first-order valence-electron chi connectivity index (χ1n) is 9.76. The van der Waals surface area contributed by atoms with E-state index in [9.17, 15) is 13.6 Å². The SMILES string of the molecule is Cc1nc(C(NC(=O)Nc2cc(F)c(N3CCCC3)c(F)c2)c2ccccc2)n[nH]1. The van der Waals surface area contributed by atoms with Crippen LogP contribution in [0.25, 0.3) is 0 Å². The van der Waals surface area contributed by atoms with Gasteiger partial charge in [-0.25, -0.2) is 18.6 Å². The molecule has 4 rings (SSSR count). The van der Waals surface area contributed by atoms with Crippen LogP contribution in [-0.4, -0.2) is 34.3 Å². The third kappa shape index (κ3) is 4.24. The quantitative estimate of drug-likeness (QED) is 0.593. The smallest absolute Gasteiger partial charge is 0.320 e. The molecule has 0 radical (unpaired) electrons. The third-order valence-electron chi connectivity index (χ3n) is 4.98. The highest BCUT2D eigenvalue weighted by Gasteiger charge is 2.23. The van der Waals surface area contributed by atoms with E-state index >= 15 is 0 Å². The monoisotopic (exact) mass is 412 g/mol. The first-order valence-corrected chi connectivity index (χ1v) is 9.76. The number of amides is 2. The summed E-state index contributed by atoms with van der Waals surface area (Å²) in [6.45, 7) is 3.00. The average Bonchev–Trinajstić information content (AvgIpc) is 3.38. The highest BCUT2D eigenvalue weighted by Crippen LogP contribution is 2.30. The summed E-state index contributed by atoms with van der Waals surface area (Å²) in [5, 5.41) is 12.2. The van der Waals surface area contributed by atoms with Crippen molar-refractivity contribution in [1.29, 1.82) is 0 Å². The second kappa shape index (κ2) is 8.48. The van der Waals surface area contributed by atoms with Crippen molar-refractivity contribution in [2.45, 2.75) is 25.8 Å². The van der Waals surface area contributed by atoms with Crippen molar-refractivity contribution in [1.82, 2.24) is 20.5 Å². The van der Waals surface area contributed by atoms with Gasteiger partial charge in [0.25, 0.3) is 0 Å². The molecular weight excluding hydrogens is 390 g/mol. The minimum Gasteiger partial charge on any atom is -0.367 e. The van der Waals surface area contributed by atoms with Gasteiger partial charge in [0.2, 0.25) is 0 Å². The Bertz CT molecular complexity index is 1010. The van der Waals surface area contributed by atoms with E-state index in [2.05, 4.69) is 25.8 Å².